The van der Waals surface area contributed by atoms with Crippen LogP contribution in [-0.4, -0.2) is 18.5 Å². The molecule has 0 aliphatic carbocycles. The summed E-state index contributed by atoms with van der Waals surface area (Å²) in [5.74, 6) is 0. The molecule has 0 aliphatic rings. The first-order chi connectivity index (χ1) is 3.72. The molecule has 0 fully saturated rings. The minimum atomic E-state index is -0.815. The van der Waals surface area contributed by atoms with Crippen LogP contribution in [0, 0.1) is 0 Å². The van der Waals surface area contributed by atoms with Gasteiger partial charge >= 0.3 is 0 Å². The summed E-state index contributed by atoms with van der Waals surface area (Å²) in [5, 5.41) is 0. The van der Waals surface area contributed by atoms with Gasteiger partial charge < -0.3 is 13.5 Å². The van der Waals surface area contributed by atoms with E-state index >= 15 is 0 Å². The summed E-state index contributed by atoms with van der Waals surface area (Å²) in [6.07, 6.45) is 0. The zero-order valence-electron chi connectivity index (χ0n) is 4.66. The smallest absolute Gasteiger partial charge is 0.120 e. The maximum absolute atomic E-state index is 10.3. The van der Waals surface area contributed by atoms with E-state index in [4.69, 9.17) is 0 Å². The Balaban J connectivity index is 4.41. The van der Waals surface area contributed by atoms with E-state index in [0.29, 0.717) is 0 Å². The van der Waals surface area contributed by atoms with Crippen LogP contribution in [0.4, 0.5) is 4.79 Å². The van der Waals surface area contributed by atoms with Gasteiger partial charge in [0.25, 0.3) is 0 Å². The van der Waals surface area contributed by atoms with Crippen molar-refractivity contribution >= 4 is 27.6 Å². The van der Waals surface area contributed by atoms with E-state index in [1.165, 1.54) is 0 Å². The molecule has 0 aliphatic heterocycles. The summed E-state index contributed by atoms with van der Waals surface area (Å²) in [6, 6.07) is 0. The van der Waals surface area contributed by atoms with Gasteiger partial charge in [-0.3, -0.25) is 0 Å². The third-order valence-corrected chi connectivity index (χ3v) is 2.00. The van der Waals surface area contributed by atoms with Crippen molar-refractivity contribution in [1.82, 2.24) is 0 Å². The van der Waals surface area contributed by atoms with Crippen LogP contribution >= 0.6 is 12.6 Å². The molecule has 8 heavy (non-hydrogen) atoms. The summed E-state index contributed by atoms with van der Waals surface area (Å²) >= 11 is 3.54. The molecule has 0 rings (SSSR count). The fourth-order valence-electron chi connectivity index (χ4n) is 0.238. The van der Waals surface area contributed by atoms with Crippen molar-refractivity contribution in [3.8, 4) is 0 Å². The highest BCUT2D eigenvalue weighted by Gasteiger charge is 1.70. The molecule has 0 saturated carbocycles. The maximum atomic E-state index is 10.3. The maximum Gasteiger partial charge on any atom is 0.120 e. The van der Waals surface area contributed by atoms with Crippen LogP contribution in [0.25, 0.3) is 0 Å². The molecule has 0 aromatic rings. The third-order valence-electron chi connectivity index (χ3n) is 0.502. The van der Waals surface area contributed by atoms with E-state index in [-0.39, 0.29) is 4.45 Å². The van der Waals surface area contributed by atoms with Crippen molar-refractivity contribution in [2.45, 2.75) is 0 Å². The molecule has 0 N–H and O–H groups in total. The lowest BCUT2D eigenvalue weighted by Crippen LogP contribution is -1.82. The lowest BCUT2D eigenvalue weighted by molar-refractivity contribution is 0.276. The van der Waals surface area contributed by atoms with Crippen LogP contribution in [0.2, 0.25) is 0 Å². The van der Waals surface area contributed by atoms with Crippen LogP contribution in [0.3, 0.4) is 0 Å². The van der Waals surface area contributed by atoms with E-state index in [0.717, 1.165) is 0 Å². The average Bonchev–Trinajstić information content (AvgIpc) is 1.69. The topological polar surface area (TPSA) is 41.8 Å². The van der Waals surface area contributed by atoms with E-state index in [9.17, 15) is 4.79 Å². The Morgan fingerprint density at radius 1 is 1.50 bits per heavy atom. The minimum absolute atomic E-state index is 0.282. The van der Waals surface area contributed by atoms with Gasteiger partial charge in [0, 0.05) is 0 Å². The number of hydrogen-bond acceptors (Lipinski definition) is 4. The number of carbonyl (C=O) groups is 1. The first kappa shape index (κ1) is 7.97. The summed E-state index contributed by atoms with van der Waals surface area (Å²) in [6.45, 7) is 0. The lowest BCUT2D eigenvalue weighted by atomic mass is 11.6. The molecule has 0 heterocycles. The standard InChI is InChI=1S/C3H7N2OS2/c1-4-8(5-2)3(6)7/h1-2H3,(H,6,7)/q-1. The summed E-state index contributed by atoms with van der Waals surface area (Å²) in [7, 11) is 2.28. The Hall–Kier alpha value is -0.0300. The molecule has 0 radical (unpaired) electrons. The Morgan fingerprint density at radius 3 is 1.88 bits per heavy atom. The number of hydrogen-bond donors (Lipinski definition) is 1. The quantitative estimate of drug-likeness (QED) is 0.411. The minimum Gasteiger partial charge on any atom is -0.414 e. The van der Waals surface area contributed by atoms with E-state index in [2.05, 4.69) is 21.4 Å². The predicted molar refractivity (Wildman–Crippen MR) is 38.5 cm³/mol. The van der Waals surface area contributed by atoms with Gasteiger partial charge in [0.2, 0.25) is 0 Å². The number of thiol groups is 1. The molecule has 48 valence electrons. The molecule has 3 nitrogen and oxygen atoms in total. The second-order valence-corrected chi connectivity index (χ2v) is 3.23. The first-order valence-electron chi connectivity index (χ1n) is 1.89. The summed E-state index contributed by atoms with van der Waals surface area (Å²) < 4.78 is 7.00. The highest BCUT2D eigenvalue weighted by atomic mass is 32.2. The van der Waals surface area contributed by atoms with Gasteiger partial charge in [0.05, 0.1) is 0 Å². The second kappa shape index (κ2) is 3.91. The van der Waals surface area contributed by atoms with Crippen LogP contribution in [-0.2, 0) is 10.5 Å². The van der Waals surface area contributed by atoms with Gasteiger partial charge in [-0.25, -0.2) is 10.5 Å². The Kier molecular flexibility index (Phi) is 3.90. The molecule has 0 aromatic carbocycles. The normalized spacial score (nSPS) is 14.4. The molecule has 0 unspecified atom stereocenters. The van der Waals surface area contributed by atoms with Gasteiger partial charge in [-0.15, -0.1) is 12.6 Å². The number of carbonyl (C=O) groups excluding carboxylic acids is 1. The average molecular weight is 151 g/mol. The molecule has 5 heteroatoms. The number of nitrogens with zero attached hydrogens (tertiary/aromatic N) is 2. The molecule has 0 amide bonds. The lowest BCUT2D eigenvalue weighted by Gasteiger charge is -1.98. The van der Waals surface area contributed by atoms with Gasteiger partial charge in [0.15, 0.2) is 0 Å². The molecule has 0 spiro atoms. The Bertz CT molecular complexity index is 158. The largest absolute Gasteiger partial charge is 0.414 e. The predicted octanol–water partition coefficient (Wildman–Crippen LogP) is 1.28. The Morgan fingerprint density at radius 2 is 1.88 bits per heavy atom. The fourth-order valence-corrected chi connectivity index (χ4v) is 1.20. The first-order valence-corrected chi connectivity index (χ1v) is 3.48. The Labute approximate surface area is 55.7 Å². The van der Waals surface area contributed by atoms with Crippen LogP contribution in [0.15, 0.2) is 8.73 Å². The third kappa shape index (κ3) is 2.32. The molecular weight excluding hydrogens is 144 g/mol. The highest BCUT2D eigenvalue weighted by Crippen LogP contribution is 1.87. The fraction of sp³-hybridized carbons (Fsp3) is 0.667. The molecule has 0 bridgehead atoms. The monoisotopic (exact) mass is 151 g/mol. The van der Waals surface area contributed by atoms with Crippen molar-refractivity contribution in [2.75, 3.05) is 14.1 Å². The molecular formula is C3H7N2OS2-. The van der Waals surface area contributed by atoms with Crippen LogP contribution in [0.5, 0.6) is 0 Å². The zero-order valence-corrected chi connectivity index (χ0v) is 6.37. The molecule has 0 aromatic heterocycles. The van der Waals surface area contributed by atoms with Crippen molar-refractivity contribution in [3.05, 3.63) is 0 Å². The van der Waals surface area contributed by atoms with Crippen molar-refractivity contribution in [2.24, 2.45) is 8.73 Å². The summed E-state index contributed by atoms with van der Waals surface area (Å²) in [5.41, 5.74) is 0. The van der Waals surface area contributed by atoms with Gasteiger partial charge in [-0.2, -0.15) is 0 Å². The SMILES string of the molecule is CN=[S-](=NC)C(=O)S. The van der Waals surface area contributed by atoms with Crippen LogP contribution < -0.4 is 0 Å². The van der Waals surface area contributed by atoms with Gasteiger partial charge in [0.1, 0.15) is 4.45 Å². The van der Waals surface area contributed by atoms with E-state index in [1.54, 1.807) is 14.1 Å². The highest BCUT2D eigenvalue weighted by molar-refractivity contribution is 8.21. The van der Waals surface area contributed by atoms with Crippen molar-refractivity contribution < 1.29 is 4.79 Å². The van der Waals surface area contributed by atoms with Gasteiger partial charge in [-0.1, -0.05) is 0 Å². The van der Waals surface area contributed by atoms with Gasteiger partial charge in [-0.05, 0) is 14.1 Å². The second-order valence-electron chi connectivity index (χ2n) is 0.895. The van der Waals surface area contributed by atoms with Crippen molar-refractivity contribution in [3.63, 3.8) is 0 Å². The van der Waals surface area contributed by atoms with Crippen LogP contribution in [0.1, 0.15) is 0 Å². The molecule has 0 saturated heterocycles. The summed E-state index contributed by atoms with van der Waals surface area (Å²) in [4.78, 5) is 10.3. The van der Waals surface area contributed by atoms with E-state index < -0.39 is 10.5 Å². The number of rotatable bonds is 0. The zero-order chi connectivity index (χ0) is 6.57. The molecule has 0 atom stereocenters. The van der Waals surface area contributed by atoms with E-state index in [1.807, 2.05) is 0 Å². The van der Waals surface area contributed by atoms with Crippen molar-refractivity contribution in [1.29, 1.82) is 0 Å².